The van der Waals surface area contributed by atoms with Crippen LogP contribution in [0.1, 0.15) is 5.56 Å². The van der Waals surface area contributed by atoms with Gasteiger partial charge in [0.15, 0.2) is 34.8 Å². The summed E-state index contributed by atoms with van der Waals surface area (Å²) in [7, 11) is 8.97. The number of carbonyl (C=O) groups excluding carboxylic acids is 1. The first-order valence-corrected chi connectivity index (χ1v) is 12.7. The molecule has 1 heterocycles. The SMILES string of the molecule is COCCOCOc1c(OC)cc(C=CC(=O)C2(OCOCCOC)C(OC)SC(=S)N2OC)cc1OC. The van der Waals surface area contributed by atoms with E-state index in [1.807, 2.05) is 0 Å². The second kappa shape index (κ2) is 16.8. The van der Waals surface area contributed by atoms with Gasteiger partial charge in [-0.15, -0.1) is 0 Å². The van der Waals surface area contributed by atoms with Gasteiger partial charge in [0.05, 0.1) is 47.8 Å². The number of thiocarbonyl (C=S) groups is 1. The van der Waals surface area contributed by atoms with Crippen molar-refractivity contribution in [2.45, 2.75) is 11.2 Å². The highest BCUT2D eigenvalue weighted by atomic mass is 32.2. The Hall–Kier alpha value is -2.01. The largest absolute Gasteiger partial charge is 0.493 e. The van der Waals surface area contributed by atoms with E-state index in [4.69, 9.17) is 59.7 Å². The van der Waals surface area contributed by atoms with Crippen molar-refractivity contribution < 1.29 is 52.3 Å². The molecule has 1 fully saturated rings. The standard InChI is InChI=1S/C24H35NO11S2/c1-27-9-11-33-15-35-21-18(29-3)13-17(14-19(21)30-4)7-8-20(26)24(36-16-34-12-10-28-2)22(31-5)38-23(37)25(24)32-6/h7-8,13-14,22H,9-12,15-16H2,1-6H3. The van der Waals surface area contributed by atoms with Crippen LogP contribution in [0.2, 0.25) is 0 Å². The quantitative estimate of drug-likeness (QED) is 0.104. The Morgan fingerprint density at radius 1 is 0.974 bits per heavy atom. The molecule has 0 saturated carbocycles. The first kappa shape index (κ1) is 32.2. The van der Waals surface area contributed by atoms with Gasteiger partial charge in [-0.25, -0.2) is 0 Å². The van der Waals surface area contributed by atoms with E-state index in [0.29, 0.717) is 42.6 Å². The van der Waals surface area contributed by atoms with Crippen molar-refractivity contribution in [3.63, 3.8) is 0 Å². The third kappa shape index (κ3) is 8.00. The highest BCUT2D eigenvalue weighted by Crippen LogP contribution is 2.43. The summed E-state index contributed by atoms with van der Waals surface area (Å²) in [6, 6.07) is 3.38. The van der Waals surface area contributed by atoms with Crippen LogP contribution in [0, 0.1) is 0 Å². The lowest BCUT2D eigenvalue weighted by Crippen LogP contribution is -2.59. The Kier molecular flexibility index (Phi) is 14.3. The van der Waals surface area contributed by atoms with E-state index >= 15 is 0 Å². The Bertz CT molecular complexity index is 908. The normalized spacial score (nSPS) is 19.4. The Balaban J connectivity index is 2.31. The molecule has 1 aliphatic rings. The summed E-state index contributed by atoms with van der Waals surface area (Å²) in [4.78, 5) is 19.1. The maximum atomic E-state index is 13.7. The highest BCUT2D eigenvalue weighted by Gasteiger charge is 2.60. The van der Waals surface area contributed by atoms with Crippen LogP contribution in [0.3, 0.4) is 0 Å². The maximum Gasteiger partial charge on any atom is 0.267 e. The number of rotatable bonds is 19. The van der Waals surface area contributed by atoms with Crippen molar-refractivity contribution in [3.05, 3.63) is 23.8 Å². The van der Waals surface area contributed by atoms with Gasteiger partial charge in [0.1, 0.15) is 0 Å². The Labute approximate surface area is 232 Å². The summed E-state index contributed by atoms with van der Waals surface area (Å²) in [5.41, 5.74) is -1.96. The predicted octanol–water partition coefficient (Wildman–Crippen LogP) is 2.49. The van der Waals surface area contributed by atoms with Crippen molar-refractivity contribution in [1.29, 1.82) is 0 Å². The average molecular weight is 578 g/mol. The number of benzene rings is 1. The highest BCUT2D eigenvalue weighted by molar-refractivity contribution is 8.23. The van der Waals surface area contributed by atoms with Gasteiger partial charge < -0.3 is 42.6 Å². The first-order chi connectivity index (χ1) is 18.4. The van der Waals surface area contributed by atoms with E-state index in [2.05, 4.69) is 0 Å². The van der Waals surface area contributed by atoms with Gasteiger partial charge in [0, 0.05) is 21.3 Å². The fourth-order valence-corrected chi connectivity index (χ4v) is 4.84. The van der Waals surface area contributed by atoms with Crippen molar-refractivity contribution in [1.82, 2.24) is 5.06 Å². The summed E-state index contributed by atoms with van der Waals surface area (Å²) in [6.07, 6.45) is 2.92. The van der Waals surface area contributed by atoms with Gasteiger partial charge in [-0.05, 0) is 23.8 Å². The third-order valence-electron chi connectivity index (χ3n) is 5.17. The minimum atomic E-state index is -1.73. The number of ketones is 1. The van der Waals surface area contributed by atoms with E-state index in [9.17, 15) is 4.79 Å². The van der Waals surface area contributed by atoms with Crippen LogP contribution < -0.4 is 14.2 Å². The fraction of sp³-hybridized carbons (Fsp3) is 0.583. The van der Waals surface area contributed by atoms with Crippen LogP contribution in [0.25, 0.3) is 6.08 Å². The second-order valence-electron chi connectivity index (χ2n) is 7.40. The predicted molar refractivity (Wildman–Crippen MR) is 143 cm³/mol. The van der Waals surface area contributed by atoms with Gasteiger partial charge >= 0.3 is 0 Å². The van der Waals surface area contributed by atoms with Gasteiger partial charge in [0.2, 0.25) is 11.5 Å². The number of hydrogen-bond donors (Lipinski definition) is 0. The van der Waals surface area contributed by atoms with Gasteiger partial charge in [0.25, 0.3) is 5.72 Å². The summed E-state index contributed by atoms with van der Waals surface area (Å²) in [5.74, 6) is 0.635. The molecule has 0 aromatic heterocycles. The van der Waals surface area contributed by atoms with E-state index < -0.39 is 16.9 Å². The van der Waals surface area contributed by atoms with E-state index in [1.54, 1.807) is 32.4 Å². The smallest absolute Gasteiger partial charge is 0.267 e. The zero-order valence-electron chi connectivity index (χ0n) is 22.4. The molecule has 1 saturated heterocycles. The molecule has 38 heavy (non-hydrogen) atoms. The minimum Gasteiger partial charge on any atom is -0.493 e. The van der Waals surface area contributed by atoms with E-state index in [1.165, 1.54) is 39.6 Å². The van der Waals surface area contributed by atoms with Crippen LogP contribution in [-0.2, 0) is 38.1 Å². The van der Waals surface area contributed by atoms with Crippen LogP contribution in [0.4, 0.5) is 0 Å². The molecule has 2 rings (SSSR count). The molecule has 0 bridgehead atoms. The monoisotopic (exact) mass is 577 g/mol. The molecule has 1 aromatic carbocycles. The Morgan fingerprint density at radius 2 is 1.58 bits per heavy atom. The molecule has 0 spiro atoms. The lowest BCUT2D eigenvalue weighted by atomic mass is 10.1. The number of thioether (sulfide) groups is 1. The zero-order chi connectivity index (χ0) is 28.0. The van der Waals surface area contributed by atoms with Crippen LogP contribution in [0.5, 0.6) is 17.2 Å². The molecule has 0 amide bonds. The third-order valence-corrected chi connectivity index (χ3v) is 6.72. The molecule has 2 unspecified atom stereocenters. The van der Waals surface area contributed by atoms with E-state index in [0.717, 1.165) is 11.8 Å². The number of ether oxygens (including phenoxy) is 9. The lowest BCUT2D eigenvalue weighted by molar-refractivity contribution is -0.278. The summed E-state index contributed by atoms with van der Waals surface area (Å²) in [5, 5.41) is 1.20. The molecular formula is C24H35NO11S2. The summed E-state index contributed by atoms with van der Waals surface area (Å²) in [6.45, 7) is 1.18. The van der Waals surface area contributed by atoms with Crippen molar-refractivity contribution in [3.8, 4) is 17.2 Å². The molecule has 12 nitrogen and oxygen atoms in total. The summed E-state index contributed by atoms with van der Waals surface area (Å²) < 4.78 is 49.2. The Morgan fingerprint density at radius 3 is 2.11 bits per heavy atom. The summed E-state index contributed by atoms with van der Waals surface area (Å²) >= 11 is 6.51. The molecular weight excluding hydrogens is 542 g/mol. The van der Waals surface area contributed by atoms with Crippen molar-refractivity contribution in [2.24, 2.45) is 0 Å². The molecule has 0 aliphatic carbocycles. The van der Waals surface area contributed by atoms with Crippen LogP contribution in [0.15, 0.2) is 18.2 Å². The fourth-order valence-electron chi connectivity index (χ4n) is 3.35. The van der Waals surface area contributed by atoms with Crippen molar-refractivity contribution in [2.75, 3.05) is 82.7 Å². The zero-order valence-corrected chi connectivity index (χ0v) is 24.0. The maximum absolute atomic E-state index is 13.7. The van der Waals surface area contributed by atoms with Crippen LogP contribution >= 0.6 is 24.0 Å². The number of hydrogen-bond acceptors (Lipinski definition) is 13. The molecule has 214 valence electrons. The minimum absolute atomic E-state index is 0.0289. The van der Waals surface area contributed by atoms with E-state index in [-0.39, 0.29) is 24.5 Å². The van der Waals surface area contributed by atoms with Gasteiger partial charge in [-0.1, -0.05) is 30.1 Å². The number of methoxy groups -OCH3 is 5. The molecule has 14 heteroatoms. The number of carbonyl (C=O) groups is 1. The second-order valence-corrected chi connectivity index (χ2v) is 9.10. The van der Waals surface area contributed by atoms with Crippen LogP contribution in [-0.4, -0.2) is 109 Å². The topological polar surface area (TPSA) is 113 Å². The number of nitrogens with zero attached hydrogens (tertiary/aromatic N) is 1. The van der Waals surface area contributed by atoms with Crippen molar-refractivity contribution >= 4 is 40.2 Å². The lowest BCUT2D eigenvalue weighted by Gasteiger charge is -2.36. The number of hydroxylamine groups is 2. The molecule has 1 aromatic rings. The van der Waals surface area contributed by atoms with Gasteiger partial charge in [-0.2, -0.15) is 5.06 Å². The van der Waals surface area contributed by atoms with Gasteiger partial charge in [-0.3, -0.25) is 9.63 Å². The molecule has 2 atom stereocenters. The average Bonchev–Trinajstić information content (AvgIpc) is 3.22. The molecule has 1 aliphatic heterocycles. The molecule has 0 radical (unpaired) electrons. The molecule has 0 N–H and O–H groups in total. The first-order valence-electron chi connectivity index (χ1n) is 11.4.